The fraction of sp³-hybridized carbons (Fsp3) is 0.182. The predicted molar refractivity (Wildman–Crippen MR) is 60.6 cm³/mol. The van der Waals surface area contributed by atoms with E-state index in [9.17, 15) is 5.11 Å². The third-order valence-corrected chi connectivity index (χ3v) is 2.87. The molecule has 0 bridgehead atoms. The summed E-state index contributed by atoms with van der Waals surface area (Å²) in [5.41, 5.74) is 2.70. The van der Waals surface area contributed by atoms with Crippen molar-refractivity contribution in [2.45, 2.75) is 13.8 Å². The van der Waals surface area contributed by atoms with Crippen molar-refractivity contribution in [1.82, 2.24) is 4.98 Å². The highest BCUT2D eigenvalue weighted by Crippen LogP contribution is 2.31. The Morgan fingerprint density at radius 1 is 1.29 bits per heavy atom. The molecule has 2 nitrogen and oxygen atoms in total. The van der Waals surface area contributed by atoms with Crippen LogP contribution in [0.25, 0.3) is 10.9 Å². The van der Waals surface area contributed by atoms with Gasteiger partial charge in [0.25, 0.3) is 0 Å². The van der Waals surface area contributed by atoms with E-state index >= 15 is 0 Å². The van der Waals surface area contributed by atoms with Crippen molar-refractivity contribution in [3.63, 3.8) is 0 Å². The van der Waals surface area contributed by atoms with Crippen LogP contribution in [0.2, 0.25) is 0 Å². The Hall–Kier alpha value is -1.09. The van der Waals surface area contributed by atoms with E-state index in [1.54, 1.807) is 6.07 Å². The second-order valence-electron chi connectivity index (χ2n) is 3.37. The summed E-state index contributed by atoms with van der Waals surface area (Å²) in [6.45, 7) is 3.94. The molecule has 1 heterocycles. The number of halogens is 1. The molecule has 2 rings (SSSR count). The lowest BCUT2D eigenvalue weighted by molar-refractivity contribution is 0.480. The molecular formula is C11H10BrNO. The highest BCUT2D eigenvalue weighted by Gasteiger charge is 2.07. The first kappa shape index (κ1) is 9.46. The van der Waals surface area contributed by atoms with E-state index in [1.807, 2.05) is 26.0 Å². The molecule has 0 fully saturated rings. The van der Waals surface area contributed by atoms with E-state index in [4.69, 9.17) is 0 Å². The Kier molecular flexibility index (Phi) is 2.19. The first-order valence-electron chi connectivity index (χ1n) is 4.35. The van der Waals surface area contributed by atoms with E-state index in [0.29, 0.717) is 5.52 Å². The van der Waals surface area contributed by atoms with Gasteiger partial charge in [0.1, 0.15) is 11.3 Å². The average Bonchev–Trinajstić information content (AvgIpc) is 2.10. The van der Waals surface area contributed by atoms with Gasteiger partial charge in [-0.3, -0.25) is 0 Å². The highest BCUT2D eigenvalue weighted by atomic mass is 79.9. The normalized spacial score (nSPS) is 10.8. The maximum absolute atomic E-state index is 9.66. The molecule has 72 valence electrons. The van der Waals surface area contributed by atoms with Gasteiger partial charge in [0.05, 0.1) is 0 Å². The van der Waals surface area contributed by atoms with E-state index < -0.39 is 0 Å². The number of pyridine rings is 1. The van der Waals surface area contributed by atoms with Gasteiger partial charge < -0.3 is 5.11 Å². The number of phenols is 1. The Morgan fingerprint density at radius 3 is 2.71 bits per heavy atom. The van der Waals surface area contributed by atoms with Crippen molar-refractivity contribution >= 4 is 26.8 Å². The molecule has 0 radical (unpaired) electrons. The number of phenolic OH excluding ortho intramolecular Hbond substituents is 1. The van der Waals surface area contributed by atoms with Crippen LogP contribution < -0.4 is 0 Å². The maximum atomic E-state index is 9.66. The minimum atomic E-state index is 0.231. The number of nitrogens with zero attached hydrogens (tertiary/aromatic N) is 1. The molecule has 0 saturated heterocycles. The Bertz CT molecular complexity index is 508. The van der Waals surface area contributed by atoms with Gasteiger partial charge in [-0.2, -0.15) is 0 Å². The summed E-state index contributed by atoms with van der Waals surface area (Å²) in [5.74, 6) is 0.231. The second kappa shape index (κ2) is 3.24. The molecule has 1 aromatic heterocycles. The van der Waals surface area contributed by atoms with Gasteiger partial charge in [0.2, 0.25) is 0 Å². The van der Waals surface area contributed by atoms with Gasteiger partial charge in [-0.15, -0.1) is 0 Å². The topological polar surface area (TPSA) is 33.1 Å². The van der Waals surface area contributed by atoms with Crippen LogP contribution in [-0.4, -0.2) is 10.1 Å². The molecule has 1 aromatic carbocycles. The van der Waals surface area contributed by atoms with Crippen LogP contribution in [0.5, 0.6) is 5.75 Å². The number of fused-ring (bicyclic) bond motifs is 1. The van der Waals surface area contributed by atoms with Crippen LogP contribution in [0.15, 0.2) is 22.7 Å². The molecule has 0 atom stereocenters. The number of rotatable bonds is 0. The Balaban J connectivity index is 3.00. The van der Waals surface area contributed by atoms with E-state index in [1.165, 1.54) is 0 Å². The highest BCUT2D eigenvalue weighted by molar-refractivity contribution is 9.10. The largest absolute Gasteiger partial charge is 0.506 e. The van der Waals surface area contributed by atoms with Crippen LogP contribution in [-0.2, 0) is 0 Å². The number of hydrogen-bond acceptors (Lipinski definition) is 2. The summed E-state index contributed by atoms with van der Waals surface area (Å²) < 4.78 is 0.968. The van der Waals surface area contributed by atoms with Gasteiger partial charge in [0, 0.05) is 15.6 Å². The molecule has 0 amide bonds. The number of benzene rings is 1. The first-order chi connectivity index (χ1) is 6.59. The number of hydrogen-bond donors (Lipinski definition) is 1. The van der Waals surface area contributed by atoms with Crippen LogP contribution >= 0.6 is 15.9 Å². The van der Waals surface area contributed by atoms with Crippen molar-refractivity contribution in [2.75, 3.05) is 0 Å². The summed E-state index contributed by atoms with van der Waals surface area (Å²) in [4.78, 5) is 4.32. The van der Waals surface area contributed by atoms with Crippen LogP contribution in [0, 0.1) is 13.8 Å². The van der Waals surface area contributed by atoms with Crippen molar-refractivity contribution in [3.8, 4) is 5.75 Å². The molecule has 0 saturated carbocycles. The first-order valence-corrected chi connectivity index (χ1v) is 5.14. The molecule has 1 N–H and O–H groups in total. The van der Waals surface area contributed by atoms with Crippen molar-refractivity contribution < 1.29 is 5.11 Å². The molecule has 0 aliphatic carbocycles. The quantitative estimate of drug-likeness (QED) is 0.780. The van der Waals surface area contributed by atoms with Gasteiger partial charge in [-0.1, -0.05) is 15.9 Å². The Morgan fingerprint density at radius 2 is 2.00 bits per heavy atom. The van der Waals surface area contributed by atoms with Crippen molar-refractivity contribution in [1.29, 1.82) is 0 Å². The van der Waals surface area contributed by atoms with Crippen LogP contribution in [0.4, 0.5) is 0 Å². The number of aryl methyl sites for hydroxylation is 2. The number of aromatic hydroxyl groups is 1. The maximum Gasteiger partial charge on any atom is 0.141 e. The third kappa shape index (κ3) is 1.38. The van der Waals surface area contributed by atoms with E-state index in [2.05, 4.69) is 20.9 Å². The molecule has 0 aliphatic heterocycles. The zero-order chi connectivity index (χ0) is 10.3. The Labute approximate surface area is 90.7 Å². The lowest BCUT2D eigenvalue weighted by Crippen LogP contribution is -1.88. The average molecular weight is 252 g/mol. The fourth-order valence-corrected chi connectivity index (χ4v) is 2.27. The lowest BCUT2D eigenvalue weighted by Gasteiger charge is -2.06. The van der Waals surface area contributed by atoms with Gasteiger partial charge in [-0.05, 0) is 37.6 Å². The van der Waals surface area contributed by atoms with Crippen LogP contribution in [0.3, 0.4) is 0 Å². The molecule has 0 unspecified atom stereocenters. The molecule has 0 aliphatic rings. The van der Waals surface area contributed by atoms with Gasteiger partial charge in [0.15, 0.2) is 0 Å². The minimum Gasteiger partial charge on any atom is -0.506 e. The fourth-order valence-electron chi connectivity index (χ4n) is 1.64. The summed E-state index contributed by atoms with van der Waals surface area (Å²) in [7, 11) is 0. The zero-order valence-electron chi connectivity index (χ0n) is 8.00. The van der Waals surface area contributed by atoms with E-state index in [0.717, 1.165) is 21.1 Å². The van der Waals surface area contributed by atoms with Gasteiger partial charge in [-0.25, -0.2) is 4.98 Å². The van der Waals surface area contributed by atoms with Gasteiger partial charge >= 0.3 is 0 Å². The summed E-state index contributed by atoms with van der Waals surface area (Å²) in [6, 6.07) is 5.49. The number of aromatic nitrogens is 1. The molecule has 2 aromatic rings. The zero-order valence-corrected chi connectivity index (χ0v) is 9.59. The lowest BCUT2D eigenvalue weighted by atomic mass is 10.1. The van der Waals surface area contributed by atoms with Crippen LogP contribution in [0.1, 0.15) is 11.3 Å². The molecule has 3 heteroatoms. The van der Waals surface area contributed by atoms with E-state index in [-0.39, 0.29) is 5.75 Å². The SMILES string of the molecule is Cc1cc(C)c2c(Br)ccc(O)c2n1. The molecule has 0 spiro atoms. The summed E-state index contributed by atoms with van der Waals surface area (Å²) >= 11 is 3.46. The molecule has 14 heavy (non-hydrogen) atoms. The molecular weight excluding hydrogens is 242 g/mol. The summed E-state index contributed by atoms with van der Waals surface area (Å²) in [5, 5.41) is 10.6. The monoisotopic (exact) mass is 251 g/mol. The predicted octanol–water partition coefficient (Wildman–Crippen LogP) is 3.32. The summed E-state index contributed by atoms with van der Waals surface area (Å²) in [6.07, 6.45) is 0. The standard InChI is InChI=1S/C11H10BrNO/c1-6-5-7(2)13-11-9(14)4-3-8(12)10(6)11/h3-5,14H,1-2H3. The smallest absolute Gasteiger partial charge is 0.141 e. The van der Waals surface area contributed by atoms with Crippen molar-refractivity contribution in [3.05, 3.63) is 33.9 Å². The third-order valence-electron chi connectivity index (χ3n) is 2.21. The van der Waals surface area contributed by atoms with Crippen molar-refractivity contribution in [2.24, 2.45) is 0 Å². The second-order valence-corrected chi connectivity index (χ2v) is 4.22. The minimum absolute atomic E-state index is 0.231.